The molecule has 4 nitrogen and oxygen atoms in total. The van der Waals surface area contributed by atoms with Crippen LogP contribution in [0, 0.1) is 5.92 Å². The minimum absolute atomic E-state index is 0.0656. The van der Waals surface area contributed by atoms with Gasteiger partial charge in [0, 0.05) is 18.6 Å². The Labute approximate surface area is 116 Å². The molecule has 0 spiro atoms. The van der Waals surface area contributed by atoms with Crippen LogP contribution in [-0.4, -0.2) is 26.3 Å². The fourth-order valence-corrected chi connectivity index (χ4v) is 3.41. The van der Waals surface area contributed by atoms with Crippen molar-refractivity contribution in [1.29, 1.82) is 0 Å². The van der Waals surface area contributed by atoms with E-state index in [0.717, 1.165) is 18.2 Å². The standard InChI is InChI=1S/C13H20BrN3O/c1-10-4-3-5-13(6-10,8-14)16-12(18)11-7-17(2)9-15-11/h7,9-10H,3-6,8H2,1-2H3,(H,16,18). The largest absolute Gasteiger partial charge is 0.344 e. The number of nitrogens with one attached hydrogen (secondary N) is 1. The van der Waals surface area contributed by atoms with Crippen LogP contribution in [0.1, 0.15) is 43.1 Å². The van der Waals surface area contributed by atoms with Crippen molar-refractivity contribution in [3.63, 3.8) is 0 Å². The summed E-state index contributed by atoms with van der Waals surface area (Å²) in [5.74, 6) is 0.601. The molecule has 0 saturated heterocycles. The Morgan fingerprint density at radius 2 is 2.50 bits per heavy atom. The first-order valence-corrected chi connectivity index (χ1v) is 7.53. The maximum atomic E-state index is 12.2. The zero-order valence-electron chi connectivity index (χ0n) is 10.9. The molecule has 0 radical (unpaired) electrons. The summed E-state index contributed by atoms with van der Waals surface area (Å²) in [5, 5.41) is 3.99. The molecule has 0 aliphatic heterocycles. The van der Waals surface area contributed by atoms with Gasteiger partial charge in [0.05, 0.1) is 11.9 Å². The Balaban J connectivity index is 2.08. The molecule has 1 amide bonds. The van der Waals surface area contributed by atoms with E-state index < -0.39 is 0 Å². The average molecular weight is 314 g/mol. The number of alkyl halides is 1. The van der Waals surface area contributed by atoms with Gasteiger partial charge in [0.25, 0.3) is 5.91 Å². The molecule has 2 rings (SSSR count). The first-order chi connectivity index (χ1) is 8.54. The van der Waals surface area contributed by atoms with Crippen molar-refractivity contribution in [3.05, 3.63) is 18.2 Å². The molecule has 1 aliphatic carbocycles. The monoisotopic (exact) mass is 313 g/mol. The van der Waals surface area contributed by atoms with E-state index >= 15 is 0 Å². The summed E-state index contributed by atoms with van der Waals surface area (Å²) in [6.45, 7) is 2.25. The normalized spacial score (nSPS) is 28.1. The lowest BCUT2D eigenvalue weighted by Gasteiger charge is -2.39. The van der Waals surface area contributed by atoms with Crippen molar-refractivity contribution < 1.29 is 4.79 Å². The van der Waals surface area contributed by atoms with Gasteiger partial charge in [-0.3, -0.25) is 4.79 Å². The fourth-order valence-electron chi connectivity index (χ4n) is 2.76. The third-order valence-electron chi connectivity index (χ3n) is 3.66. The van der Waals surface area contributed by atoms with Crippen molar-refractivity contribution in [1.82, 2.24) is 14.9 Å². The lowest BCUT2D eigenvalue weighted by atomic mass is 9.77. The van der Waals surface area contributed by atoms with E-state index in [-0.39, 0.29) is 11.4 Å². The average Bonchev–Trinajstić information content (AvgIpc) is 2.76. The summed E-state index contributed by atoms with van der Waals surface area (Å²) >= 11 is 3.56. The molecular weight excluding hydrogens is 294 g/mol. The van der Waals surface area contributed by atoms with Crippen molar-refractivity contribution in [2.45, 2.75) is 38.1 Å². The molecule has 1 fully saturated rings. The molecule has 0 bridgehead atoms. The number of hydrogen-bond donors (Lipinski definition) is 1. The maximum Gasteiger partial charge on any atom is 0.271 e. The highest BCUT2D eigenvalue weighted by Crippen LogP contribution is 2.33. The molecular formula is C13H20BrN3O. The molecule has 2 atom stereocenters. The number of hydrogen-bond acceptors (Lipinski definition) is 2. The summed E-state index contributed by atoms with van der Waals surface area (Å²) in [5.41, 5.74) is 0.391. The second-order valence-electron chi connectivity index (χ2n) is 5.49. The Kier molecular flexibility index (Phi) is 4.10. The number of imidazole rings is 1. The highest BCUT2D eigenvalue weighted by Gasteiger charge is 2.35. The first-order valence-electron chi connectivity index (χ1n) is 6.41. The van der Waals surface area contributed by atoms with Gasteiger partial charge in [-0.1, -0.05) is 35.7 Å². The van der Waals surface area contributed by atoms with E-state index in [1.807, 2.05) is 7.05 Å². The summed E-state index contributed by atoms with van der Waals surface area (Å²) in [4.78, 5) is 16.3. The van der Waals surface area contributed by atoms with Gasteiger partial charge in [-0.05, 0) is 18.8 Å². The quantitative estimate of drug-likeness (QED) is 0.871. The van der Waals surface area contributed by atoms with Gasteiger partial charge in [-0.25, -0.2) is 4.98 Å². The molecule has 1 saturated carbocycles. The van der Waals surface area contributed by atoms with Crippen LogP contribution in [0.3, 0.4) is 0 Å². The van der Waals surface area contributed by atoms with Crippen LogP contribution >= 0.6 is 15.9 Å². The molecule has 5 heteroatoms. The molecule has 1 heterocycles. The zero-order valence-corrected chi connectivity index (χ0v) is 12.5. The molecule has 1 aliphatic rings. The number of carbonyl (C=O) groups is 1. The fraction of sp³-hybridized carbons (Fsp3) is 0.692. The van der Waals surface area contributed by atoms with Gasteiger partial charge < -0.3 is 9.88 Å². The molecule has 1 aromatic rings. The predicted molar refractivity (Wildman–Crippen MR) is 74.8 cm³/mol. The van der Waals surface area contributed by atoms with Crippen LogP contribution in [-0.2, 0) is 7.05 Å². The Morgan fingerprint density at radius 3 is 3.06 bits per heavy atom. The summed E-state index contributed by atoms with van der Waals surface area (Å²) in [6, 6.07) is 0. The molecule has 18 heavy (non-hydrogen) atoms. The third kappa shape index (κ3) is 2.94. The van der Waals surface area contributed by atoms with Gasteiger partial charge in [0.2, 0.25) is 0 Å². The van der Waals surface area contributed by atoms with Gasteiger partial charge in [0.15, 0.2) is 0 Å². The number of aromatic nitrogens is 2. The van der Waals surface area contributed by atoms with Gasteiger partial charge in [-0.15, -0.1) is 0 Å². The number of carbonyl (C=O) groups excluding carboxylic acids is 1. The Morgan fingerprint density at radius 1 is 1.72 bits per heavy atom. The predicted octanol–water partition coefficient (Wildman–Crippen LogP) is 2.49. The zero-order chi connectivity index (χ0) is 13.2. The Bertz CT molecular complexity index is 432. The van der Waals surface area contributed by atoms with Crippen molar-refractivity contribution in [2.24, 2.45) is 13.0 Å². The van der Waals surface area contributed by atoms with E-state index in [4.69, 9.17) is 0 Å². The van der Waals surface area contributed by atoms with Gasteiger partial charge in [-0.2, -0.15) is 0 Å². The van der Waals surface area contributed by atoms with Crippen LogP contribution in [0.25, 0.3) is 0 Å². The molecule has 1 N–H and O–H groups in total. The lowest BCUT2D eigenvalue weighted by Crippen LogP contribution is -2.52. The summed E-state index contributed by atoms with van der Waals surface area (Å²) in [6.07, 6.45) is 7.92. The van der Waals surface area contributed by atoms with E-state index in [1.165, 1.54) is 12.8 Å². The van der Waals surface area contributed by atoms with Gasteiger partial charge >= 0.3 is 0 Å². The van der Waals surface area contributed by atoms with Crippen molar-refractivity contribution in [2.75, 3.05) is 5.33 Å². The lowest BCUT2D eigenvalue weighted by molar-refractivity contribution is 0.0864. The van der Waals surface area contributed by atoms with Crippen LogP contribution < -0.4 is 5.32 Å². The second kappa shape index (κ2) is 5.43. The number of amides is 1. The SMILES string of the molecule is CC1CCCC(CBr)(NC(=O)c2cn(C)cn2)C1. The van der Waals surface area contributed by atoms with Gasteiger partial charge in [0.1, 0.15) is 5.69 Å². The highest BCUT2D eigenvalue weighted by molar-refractivity contribution is 9.09. The second-order valence-corrected chi connectivity index (χ2v) is 6.05. The van der Waals surface area contributed by atoms with E-state index in [2.05, 4.69) is 33.2 Å². The van der Waals surface area contributed by atoms with Crippen LogP contribution in [0.15, 0.2) is 12.5 Å². The number of aryl methyl sites for hydroxylation is 1. The maximum absolute atomic E-state index is 12.2. The molecule has 1 aromatic heterocycles. The topological polar surface area (TPSA) is 46.9 Å². The molecule has 0 aromatic carbocycles. The van der Waals surface area contributed by atoms with Crippen LogP contribution in [0.5, 0.6) is 0 Å². The van der Waals surface area contributed by atoms with Crippen LogP contribution in [0.4, 0.5) is 0 Å². The summed E-state index contributed by atoms with van der Waals surface area (Å²) in [7, 11) is 1.87. The van der Waals surface area contributed by atoms with Crippen LogP contribution in [0.2, 0.25) is 0 Å². The van der Waals surface area contributed by atoms with Crippen molar-refractivity contribution in [3.8, 4) is 0 Å². The smallest absolute Gasteiger partial charge is 0.271 e. The molecule has 100 valence electrons. The highest BCUT2D eigenvalue weighted by atomic mass is 79.9. The van der Waals surface area contributed by atoms with Crippen molar-refractivity contribution >= 4 is 21.8 Å². The first kappa shape index (κ1) is 13.6. The number of halogens is 1. The van der Waals surface area contributed by atoms with E-state index in [1.54, 1.807) is 17.1 Å². The number of nitrogens with zero attached hydrogens (tertiary/aromatic N) is 2. The molecule has 2 unspecified atom stereocenters. The number of rotatable bonds is 3. The summed E-state index contributed by atoms with van der Waals surface area (Å²) < 4.78 is 1.79. The minimum Gasteiger partial charge on any atom is -0.344 e. The third-order valence-corrected chi connectivity index (χ3v) is 4.74. The Hall–Kier alpha value is -0.840. The van der Waals surface area contributed by atoms with E-state index in [9.17, 15) is 4.79 Å². The van der Waals surface area contributed by atoms with E-state index in [0.29, 0.717) is 11.6 Å². The minimum atomic E-state index is -0.105.